The Hall–Kier alpha value is -3.61. The number of β-amino-alcohol motifs (C(OH)–C–C–N with tert-alkyl or cyclic N) is 1. The third-order valence-corrected chi connectivity index (χ3v) is 7.86. The lowest BCUT2D eigenvalue weighted by molar-refractivity contribution is -0.0328. The molecule has 0 bridgehead atoms. The van der Waals surface area contributed by atoms with Crippen LogP contribution in [0.3, 0.4) is 0 Å². The fourth-order valence-corrected chi connectivity index (χ4v) is 5.77. The lowest BCUT2D eigenvalue weighted by atomic mass is 9.85. The molecule has 1 fully saturated rings. The van der Waals surface area contributed by atoms with E-state index in [1.54, 1.807) is 7.11 Å². The number of benzene rings is 3. The molecule has 2 N–H and O–H groups in total. The maximum Gasteiger partial charge on any atom is 0.142 e. The standard InChI is InChI=1S/C33H39N3O5/c1-22-15-27(16-23(2)28(22)18-34)41-26-8-6-25(7-9-26)33-30(37)19-35-20-32(33)40-21-24-5-10-31-29(17-24)36(12-14-39-31)11-4-13-38-3/h5-10,15-17,30,32-33,35,37H,4,11-14,19-21H2,1-3H3/t30-,32+,33+/m1/s1. The van der Waals surface area contributed by atoms with E-state index in [9.17, 15) is 10.4 Å². The zero-order chi connectivity index (χ0) is 28.8. The molecule has 0 radical (unpaired) electrons. The van der Waals surface area contributed by atoms with Gasteiger partial charge in [-0.3, -0.25) is 0 Å². The van der Waals surface area contributed by atoms with Gasteiger partial charge in [-0.25, -0.2) is 0 Å². The van der Waals surface area contributed by atoms with Gasteiger partial charge in [0.2, 0.25) is 0 Å². The molecule has 5 rings (SSSR count). The second-order valence-electron chi connectivity index (χ2n) is 10.8. The predicted octanol–water partition coefficient (Wildman–Crippen LogP) is 4.84. The highest BCUT2D eigenvalue weighted by Crippen LogP contribution is 2.35. The Kier molecular flexibility index (Phi) is 9.42. The Labute approximate surface area is 242 Å². The first-order chi connectivity index (χ1) is 20.0. The van der Waals surface area contributed by atoms with Gasteiger partial charge in [-0.1, -0.05) is 18.2 Å². The minimum Gasteiger partial charge on any atom is -0.490 e. The number of aliphatic hydroxyl groups excluding tert-OH is 1. The molecule has 41 heavy (non-hydrogen) atoms. The molecule has 0 amide bonds. The topological polar surface area (TPSA) is 96.2 Å². The summed E-state index contributed by atoms with van der Waals surface area (Å²) in [4.78, 5) is 2.35. The summed E-state index contributed by atoms with van der Waals surface area (Å²) in [5, 5.41) is 23.6. The van der Waals surface area contributed by atoms with Crippen molar-refractivity contribution in [3.05, 3.63) is 82.4 Å². The number of aryl methyl sites for hydroxylation is 2. The lowest BCUT2D eigenvalue weighted by Gasteiger charge is -2.36. The zero-order valence-corrected chi connectivity index (χ0v) is 24.1. The predicted molar refractivity (Wildman–Crippen MR) is 158 cm³/mol. The van der Waals surface area contributed by atoms with Crippen LogP contribution < -0.4 is 19.7 Å². The van der Waals surface area contributed by atoms with Gasteiger partial charge in [-0.15, -0.1) is 0 Å². The van der Waals surface area contributed by atoms with E-state index >= 15 is 0 Å². The number of aliphatic hydroxyl groups is 1. The molecule has 0 aliphatic carbocycles. The Morgan fingerprint density at radius 2 is 1.83 bits per heavy atom. The number of nitriles is 1. The molecule has 3 aromatic rings. The van der Waals surface area contributed by atoms with Gasteiger partial charge < -0.3 is 34.3 Å². The first kappa shape index (κ1) is 28.9. The van der Waals surface area contributed by atoms with Gasteiger partial charge in [-0.05, 0) is 78.9 Å². The summed E-state index contributed by atoms with van der Waals surface area (Å²) in [6.07, 6.45) is 0.192. The van der Waals surface area contributed by atoms with Crippen molar-refractivity contribution in [1.29, 1.82) is 5.26 Å². The van der Waals surface area contributed by atoms with Crippen LogP contribution in [0.2, 0.25) is 0 Å². The highest BCUT2D eigenvalue weighted by atomic mass is 16.5. The van der Waals surface area contributed by atoms with Gasteiger partial charge >= 0.3 is 0 Å². The molecular formula is C33H39N3O5. The van der Waals surface area contributed by atoms with Crippen LogP contribution in [-0.2, 0) is 16.1 Å². The molecule has 2 heterocycles. The maximum atomic E-state index is 11.0. The van der Waals surface area contributed by atoms with Gasteiger partial charge in [-0.2, -0.15) is 5.26 Å². The van der Waals surface area contributed by atoms with Crippen LogP contribution in [0.1, 0.15) is 40.2 Å². The van der Waals surface area contributed by atoms with Crippen LogP contribution in [0.15, 0.2) is 54.6 Å². The number of methoxy groups -OCH3 is 1. The molecule has 8 nitrogen and oxygen atoms in total. The van der Waals surface area contributed by atoms with Crippen molar-refractivity contribution in [3.8, 4) is 23.3 Å². The fraction of sp³-hybridized carbons (Fsp3) is 0.424. The summed E-state index contributed by atoms with van der Waals surface area (Å²) in [5.74, 6) is 2.13. The third-order valence-electron chi connectivity index (χ3n) is 7.86. The zero-order valence-electron chi connectivity index (χ0n) is 24.1. The second kappa shape index (κ2) is 13.4. The number of rotatable bonds is 10. The van der Waals surface area contributed by atoms with Crippen molar-refractivity contribution in [3.63, 3.8) is 0 Å². The summed E-state index contributed by atoms with van der Waals surface area (Å²) in [5.41, 5.74) is 5.63. The highest BCUT2D eigenvalue weighted by Gasteiger charge is 2.34. The van der Waals surface area contributed by atoms with Crippen LogP contribution in [0.25, 0.3) is 0 Å². The summed E-state index contributed by atoms with van der Waals surface area (Å²) in [7, 11) is 1.73. The van der Waals surface area contributed by atoms with Gasteiger partial charge in [0.15, 0.2) is 0 Å². The maximum absolute atomic E-state index is 11.0. The normalized spacial score (nSPS) is 20.2. The number of nitrogens with one attached hydrogen (secondary N) is 1. The van der Waals surface area contributed by atoms with E-state index in [4.69, 9.17) is 18.9 Å². The van der Waals surface area contributed by atoms with E-state index in [1.807, 2.05) is 56.3 Å². The summed E-state index contributed by atoms with van der Waals surface area (Å²) in [6, 6.07) is 20.1. The molecule has 3 aromatic carbocycles. The molecule has 0 spiro atoms. The van der Waals surface area contributed by atoms with Crippen molar-refractivity contribution in [2.75, 3.05) is 51.4 Å². The van der Waals surface area contributed by atoms with Crippen LogP contribution in [0, 0.1) is 25.2 Å². The van der Waals surface area contributed by atoms with E-state index in [2.05, 4.69) is 28.4 Å². The Morgan fingerprint density at radius 3 is 2.56 bits per heavy atom. The fourth-order valence-electron chi connectivity index (χ4n) is 5.77. The molecule has 2 aliphatic rings. The molecule has 2 aliphatic heterocycles. The van der Waals surface area contributed by atoms with Crippen LogP contribution in [0.4, 0.5) is 5.69 Å². The van der Waals surface area contributed by atoms with E-state index in [0.29, 0.717) is 43.4 Å². The molecular weight excluding hydrogens is 518 g/mol. The molecule has 3 atom stereocenters. The summed E-state index contributed by atoms with van der Waals surface area (Å²) < 4.78 is 23.7. The Morgan fingerprint density at radius 1 is 1.05 bits per heavy atom. The first-order valence-corrected chi connectivity index (χ1v) is 14.3. The minimum absolute atomic E-state index is 0.170. The van der Waals surface area contributed by atoms with Crippen LogP contribution >= 0.6 is 0 Å². The van der Waals surface area contributed by atoms with Gasteiger partial charge in [0.05, 0.1) is 42.7 Å². The van der Waals surface area contributed by atoms with Gasteiger partial charge in [0.25, 0.3) is 0 Å². The quantitative estimate of drug-likeness (QED) is 0.342. The SMILES string of the molecule is COCCCN1CCOc2ccc(CO[C@H]3CNC[C@@H](O)[C@@H]3c3ccc(Oc4cc(C)c(C#N)c(C)c4)cc3)cc21. The first-order valence-electron chi connectivity index (χ1n) is 14.3. The number of fused-ring (bicyclic) bond motifs is 1. The number of nitrogens with zero attached hydrogens (tertiary/aromatic N) is 2. The molecule has 0 saturated carbocycles. The van der Waals surface area contributed by atoms with Crippen LogP contribution in [-0.4, -0.2) is 63.8 Å². The highest BCUT2D eigenvalue weighted by molar-refractivity contribution is 5.61. The smallest absolute Gasteiger partial charge is 0.142 e. The van der Waals surface area contributed by atoms with Crippen LogP contribution in [0.5, 0.6) is 17.2 Å². The van der Waals surface area contributed by atoms with E-state index < -0.39 is 6.10 Å². The summed E-state index contributed by atoms with van der Waals surface area (Å²) in [6.45, 7) is 8.61. The Balaban J connectivity index is 1.26. The number of anilines is 1. The van der Waals surface area contributed by atoms with Gasteiger partial charge in [0, 0.05) is 39.3 Å². The average Bonchev–Trinajstić information content (AvgIpc) is 2.97. The summed E-state index contributed by atoms with van der Waals surface area (Å²) >= 11 is 0. The monoisotopic (exact) mass is 557 g/mol. The molecule has 0 unspecified atom stereocenters. The largest absolute Gasteiger partial charge is 0.490 e. The molecule has 216 valence electrons. The van der Waals surface area contributed by atoms with Crippen molar-refractivity contribution in [2.45, 2.75) is 45.0 Å². The Bertz CT molecular complexity index is 1350. The minimum atomic E-state index is -0.572. The van der Waals surface area contributed by atoms with Crippen molar-refractivity contribution >= 4 is 5.69 Å². The third kappa shape index (κ3) is 6.83. The number of ether oxygens (including phenoxy) is 4. The number of piperidine rings is 1. The number of hydrogen-bond donors (Lipinski definition) is 2. The van der Waals surface area contributed by atoms with E-state index in [0.717, 1.165) is 59.8 Å². The second-order valence-corrected chi connectivity index (χ2v) is 10.8. The van der Waals surface area contributed by atoms with Gasteiger partial charge in [0.1, 0.15) is 23.9 Å². The average molecular weight is 558 g/mol. The lowest BCUT2D eigenvalue weighted by Crippen LogP contribution is -2.49. The van der Waals surface area contributed by atoms with E-state index in [1.165, 1.54) is 0 Å². The van der Waals surface area contributed by atoms with Crippen molar-refractivity contribution in [2.24, 2.45) is 0 Å². The van der Waals surface area contributed by atoms with Crippen molar-refractivity contribution in [1.82, 2.24) is 5.32 Å². The molecule has 1 saturated heterocycles. The number of hydrogen-bond acceptors (Lipinski definition) is 8. The molecule has 8 heteroatoms. The van der Waals surface area contributed by atoms with Crippen molar-refractivity contribution < 1.29 is 24.1 Å². The molecule has 0 aromatic heterocycles. The van der Waals surface area contributed by atoms with E-state index in [-0.39, 0.29) is 12.0 Å².